The fraction of sp³-hybridized carbons (Fsp3) is 0.381. The number of nitrogens with one attached hydrogen (secondary N) is 2. The van der Waals surface area contributed by atoms with Gasteiger partial charge < -0.3 is 15.7 Å². The first-order valence-corrected chi connectivity index (χ1v) is 9.56. The number of aromatic nitrogens is 2. The quantitative estimate of drug-likeness (QED) is 0.717. The van der Waals surface area contributed by atoms with Crippen molar-refractivity contribution in [3.63, 3.8) is 0 Å². The first-order valence-electron chi connectivity index (χ1n) is 9.56. The number of hydrogen-bond donors (Lipinski definition) is 3. The number of hydrogen-bond acceptors (Lipinski definition) is 5. The molecule has 0 spiro atoms. The van der Waals surface area contributed by atoms with Gasteiger partial charge in [-0.1, -0.05) is 13.0 Å². The van der Waals surface area contributed by atoms with Crippen molar-refractivity contribution in [2.24, 2.45) is 5.92 Å². The largest absolute Gasteiger partial charge is 0.391 e. The smallest absolute Gasteiger partial charge is 0.260 e. The van der Waals surface area contributed by atoms with E-state index >= 15 is 0 Å². The second kappa shape index (κ2) is 7.18. The Morgan fingerprint density at radius 1 is 1.34 bits per heavy atom. The molecule has 0 saturated heterocycles. The Balaban J connectivity index is 1.53. The topological polar surface area (TPSA) is 87.1 Å². The van der Waals surface area contributed by atoms with E-state index in [0.29, 0.717) is 6.42 Å². The van der Waals surface area contributed by atoms with Gasteiger partial charge in [-0.2, -0.15) is 0 Å². The molecule has 1 amide bonds. The maximum Gasteiger partial charge on any atom is 0.260 e. The lowest BCUT2D eigenvalue weighted by Crippen LogP contribution is -2.37. The van der Waals surface area contributed by atoms with Crippen LogP contribution in [0.1, 0.15) is 32.4 Å². The molecule has 3 atom stereocenters. The molecule has 3 unspecified atom stereocenters. The highest BCUT2D eigenvalue weighted by Gasteiger charge is 2.61. The molecule has 2 aliphatic rings. The number of aliphatic hydroxyl groups is 1. The van der Waals surface area contributed by atoms with Crippen LogP contribution in [0.25, 0.3) is 16.3 Å². The van der Waals surface area contributed by atoms with E-state index in [2.05, 4.69) is 20.6 Å². The molecule has 3 N–H and O–H groups in total. The molecule has 1 fully saturated rings. The molecule has 29 heavy (non-hydrogen) atoms. The summed E-state index contributed by atoms with van der Waals surface area (Å²) in [5, 5.41) is 17.2. The SMILES string of the molecule is CCC(O)C1C=C(C)C(c2cc3cnc(NC(=O)C4CC4(F)F)cc3cn2)=CN1. The normalized spacial score (nSPS) is 23.6. The van der Waals surface area contributed by atoms with Crippen LogP contribution in [0.5, 0.6) is 0 Å². The summed E-state index contributed by atoms with van der Waals surface area (Å²) >= 11 is 0. The average molecular weight is 400 g/mol. The highest BCUT2D eigenvalue weighted by atomic mass is 19.3. The molecular formula is C21H22F2N4O2. The zero-order chi connectivity index (χ0) is 20.8. The average Bonchev–Trinajstić information content (AvgIpc) is 3.35. The van der Waals surface area contributed by atoms with Crippen LogP contribution in [0.3, 0.4) is 0 Å². The fourth-order valence-corrected chi connectivity index (χ4v) is 3.42. The minimum absolute atomic E-state index is 0.129. The lowest BCUT2D eigenvalue weighted by atomic mass is 9.95. The van der Waals surface area contributed by atoms with Gasteiger partial charge in [0.15, 0.2) is 0 Å². The molecule has 3 heterocycles. The maximum atomic E-state index is 13.0. The third-order valence-corrected chi connectivity index (χ3v) is 5.38. The Labute approximate surface area is 166 Å². The molecule has 4 rings (SSSR count). The molecule has 0 bridgehead atoms. The van der Waals surface area contributed by atoms with Gasteiger partial charge in [-0.25, -0.2) is 13.8 Å². The van der Waals surface area contributed by atoms with Gasteiger partial charge in [0.05, 0.1) is 17.8 Å². The van der Waals surface area contributed by atoms with E-state index in [-0.39, 0.29) is 11.9 Å². The highest BCUT2D eigenvalue weighted by Crippen LogP contribution is 2.49. The van der Waals surface area contributed by atoms with Gasteiger partial charge in [0.2, 0.25) is 5.91 Å². The number of halogens is 2. The summed E-state index contributed by atoms with van der Waals surface area (Å²) in [4.78, 5) is 20.5. The third kappa shape index (κ3) is 3.85. The standard InChI is InChI=1S/C21H22F2N4O2/c1-3-18(28)17-4-11(2)14(10-25-17)16-5-12-9-26-19(6-13(12)8-24-16)27-20(29)15-7-21(15,22)23/h4-6,8-10,15,17-18,25,28H,3,7H2,1-2H3,(H,26,27,29). The van der Waals surface area contributed by atoms with Gasteiger partial charge in [0.25, 0.3) is 5.92 Å². The van der Waals surface area contributed by atoms with Gasteiger partial charge in [-0.3, -0.25) is 9.78 Å². The molecule has 8 heteroatoms. The van der Waals surface area contributed by atoms with Crippen molar-refractivity contribution in [1.29, 1.82) is 0 Å². The van der Waals surface area contributed by atoms with Crippen molar-refractivity contribution in [1.82, 2.24) is 15.3 Å². The number of carbonyl (C=O) groups is 1. The van der Waals surface area contributed by atoms with Crippen LogP contribution < -0.4 is 10.6 Å². The van der Waals surface area contributed by atoms with Crippen molar-refractivity contribution >= 4 is 28.1 Å². The van der Waals surface area contributed by atoms with Crippen LogP contribution in [0.2, 0.25) is 0 Å². The van der Waals surface area contributed by atoms with Crippen molar-refractivity contribution in [3.05, 3.63) is 48.1 Å². The zero-order valence-electron chi connectivity index (χ0n) is 16.1. The summed E-state index contributed by atoms with van der Waals surface area (Å²) in [5.74, 6) is -4.66. The number of aliphatic hydroxyl groups excluding tert-OH is 1. The number of amides is 1. The predicted molar refractivity (Wildman–Crippen MR) is 106 cm³/mol. The lowest BCUT2D eigenvalue weighted by Gasteiger charge is -2.25. The molecule has 2 aromatic heterocycles. The molecule has 6 nitrogen and oxygen atoms in total. The van der Waals surface area contributed by atoms with Crippen LogP contribution in [-0.4, -0.2) is 39.1 Å². The molecule has 1 aliphatic heterocycles. The van der Waals surface area contributed by atoms with Crippen molar-refractivity contribution in [2.75, 3.05) is 5.32 Å². The first-order chi connectivity index (χ1) is 13.8. The summed E-state index contributed by atoms with van der Waals surface area (Å²) in [7, 11) is 0. The van der Waals surface area contributed by atoms with Gasteiger partial charge in [-0.05, 0) is 31.1 Å². The molecular weight excluding hydrogens is 378 g/mol. The first kappa shape index (κ1) is 19.4. The molecule has 152 valence electrons. The van der Waals surface area contributed by atoms with Crippen LogP contribution in [0.4, 0.5) is 14.6 Å². The van der Waals surface area contributed by atoms with E-state index in [0.717, 1.165) is 27.6 Å². The molecule has 1 saturated carbocycles. The van der Waals surface area contributed by atoms with Crippen LogP contribution in [0, 0.1) is 5.92 Å². The number of dihydropyridines is 1. The fourth-order valence-electron chi connectivity index (χ4n) is 3.42. The van der Waals surface area contributed by atoms with Crippen molar-refractivity contribution in [3.8, 4) is 0 Å². The van der Waals surface area contributed by atoms with Crippen molar-refractivity contribution < 1.29 is 18.7 Å². The number of anilines is 1. The molecule has 0 radical (unpaired) electrons. The predicted octanol–water partition coefficient (Wildman–Crippen LogP) is 3.25. The maximum absolute atomic E-state index is 13.0. The van der Waals surface area contributed by atoms with Crippen molar-refractivity contribution in [2.45, 2.75) is 44.8 Å². The Morgan fingerprint density at radius 3 is 2.69 bits per heavy atom. The highest BCUT2D eigenvalue weighted by molar-refractivity contribution is 5.96. The number of fused-ring (bicyclic) bond motifs is 1. The van der Waals surface area contributed by atoms with E-state index in [1.54, 1.807) is 18.5 Å². The summed E-state index contributed by atoms with van der Waals surface area (Å²) in [5.41, 5.74) is 2.68. The van der Waals surface area contributed by atoms with E-state index in [1.165, 1.54) is 0 Å². The summed E-state index contributed by atoms with van der Waals surface area (Å²) in [6.45, 7) is 3.90. The Hall–Kier alpha value is -2.87. The lowest BCUT2D eigenvalue weighted by molar-refractivity contribution is -0.119. The van der Waals surface area contributed by atoms with Gasteiger partial charge in [-0.15, -0.1) is 0 Å². The Kier molecular flexibility index (Phi) is 4.82. The van der Waals surface area contributed by atoms with Crippen LogP contribution >= 0.6 is 0 Å². The second-order valence-electron chi connectivity index (χ2n) is 7.57. The van der Waals surface area contributed by atoms with Gasteiger partial charge in [0, 0.05) is 41.4 Å². The number of rotatable bonds is 5. The van der Waals surface area contributed by atoms with Gasteiger partial charge in [0.1, 0.15) is 11.7 Å². The number of alkyl halides is 2. The summed E-state index contributed by atoms with van der Waals surface area (Å²) < 4.78 is 26.0. The number of allylic oxidation sites excluding steroid dienone is 2. The third-order valence-electron chi connectivity index (χ3n) is 5.38. The van der Waals surface area contributed by atoms with E-state index in [1.807, 2.05) is 32.2 Å². The monoisotopic (exact) mass is 400 g/mol. The zero-order valence-corrected chi connectivity index (χ0v) is 16.1. The molecule has 2 aromatic rings. The number of pyridine rings is 2. The molecule has 1 aliphatic carbocycles. The number of carbonyl (C=O) groups excluding carboxylic acids is 1. The summed E-state index contributed by atoms with van der Waals surface area (Å²) in [6, 6.07) is 3.37. The van der Waals surface area contributed by atoms with E-state index in [9.17, 15) is 18.7 Å². The Morgan fingerprint density at radius 2 is 2.03 bits per heavy atom. The summed E-state index contributed by atoms with van der Waals surface area (Å²) in [6.07, 6.45) is 6.87. The van der Waals surface area contributed by atoms with Gasteiger partial charge >= 0.3 is 0 Å². The minimum Gasteiger partial charge on any atom is -0.391 e. The van der Waals surface area contributed by atoms with Crippen LogP contribution in [-0.2, 0) is 4.79 Å². The number of nitrogens with zero attached hydrogens (tertiary/aromatic N) is 2. The molecule has 0 aromatic carbocycles. The van der Waals surface area contributed by atoms with E-state index in [4.69, 9.17) is 0 Å². The second-order valence-corrected chi connectivity index (χ2v) is 7.57. The Bertz CT molecular complexity index is 1030. The van der Waals surface area contributed by atoms with Crippen LogP contribution in [0.15, 0.2) is 42.4 Å². The minimum atomic E-state index is -2.91. The van der Waals surface area contributed by atoms with E-state index < -0.39 is 30.3 Å².